The first-order valence-electron chi connectivity index (χ1n) is 12.5. The van der Waals surface area contributed by atoms with Crippen LogP contribution in [0.1, 0.15) is 37.5 Å². The number of aryl methyl sites for hydroxylation is 2. The fourth-order valence-corrected chi connectivity index (χ4v) is 9.21. The van der Waals surface area contributed by atoms with Crippen molar-refractivity contribution in [2.45, 2.75) is 57.3 Å². The fraction of sp³-hybridized carbons (Fsp3) is 0.281. The summed E-state index contributed by atoms with van der Waals surface area (Å²) in [5, 5.41) is 3.88. The first-order valence-corrected chi connectivity index (χ1v) is 20.6. The van der Waals surface area contributed by atoms with Crippen molar-refractivity contribution >= 4 is 49.9 Å². The van der Waals surface area contributed by atoms with Crippen LogP contribution in [-0.4, -0.2) is 18.3 Å². The normalized spacial score (nSPS) is 12.6. The zero-order chi connectivity index (χ0) is 25.1. The van der Waals surface area contributed by atoms with E-state index in [1.54, 1.807) is 4.40 Å². The summed E-state index contributed by atoms with van der Waals surface area (Å²) < 4.78 is 2.85. The van der Waals surface area contributed by atoms with Crippen LogP contribution in [-0.2, 0) is 5.41 Å². The third kappa shape index (κ3) is 4.47. The van der Waals surface area contributed by atoms with Crippen LogP contribution in [0, 0.1) is 13.8 Å². The van der Waals surface area contributed by atoms with Crippen LogP contribution < -0.4 is 4.40 Å². The van der Waals surface area contributed by atoms with Gasteiger partial charge in [0.1, 0.15) is 0 Å². The molecule has 0 N–H and O–H groups in total. The quantitative estimate of drug-likeness (QED) is 0.209. The van der Waals surface area contributed by atoms with Crippen LogP contribution in [0.15, 0.2) is 66.9 Å². The molecule has 2 heterocycles. The van der Waals surface area contributed by atoms with E-state index in [2.05, 4.69) is 113 Å². The Hall–Kier alpha value is -2.43. The van der Waals surface area contributed by atoms with Gasteiger partial charge in [0, 0.05) is 0 Å². The number of fused-ring (bicyclic) bond motifs is 2. The molecule has 0 aliphatic heterocycles. The van der Waals surface area contributed by atoms with Gasteiger partial charge in [-0.05, 0) is 0 Å². The summed E-state index contributed by atoms with van der Waals surface area (Å²) in [7, 11) is 0. The molecule has 0 bridgehead atoms. The van der Waals surface area contributed by atoms with Crippen molar-refractivity contribution in [1.29, 1.82) is 0 Å². The molecule has 1 nitrogen and oxygen atoms in total. The summed E-state index contributed by atoms with van der Waals surface area (Å²) in [4.78, 5) is 6.27. The van der Waals surface area contributed by atoms with Crippen LogP contribution in [0.4, 0.5) is 0 Å². The molecule has 0 aliphatic rings. The molecule has 5 rings (SSSR count). The molecule has 0 saturated carbocycles. The number of thiophene rings is 1. The van der Waals surface area contributed by atoms with Crippen LogP contribution in [0.25, 0.3) is 42.6 Å². The molecular weight excluding hydrogens is 503 g/mol. The summed E-state index contributed by atoms with van der Waals surface area (Å²) >= 11 is 0.00514. The van der Waals surface area contributed by atoms with Gasteiger partial charge < -0.3 is 0 Å². The molecule has 35 heavy (non-hydrogen) atoms. The van der Waals surface area contributed by atoms with Gasteiger partial charge in [0.05, 0.1) is 0 Å². The first-order chi connectivity index (χ1) is 16.4. The molecule has 0 spiro atoms. The van der Waals surface area contributed by atoms with Crippen molar-refractivity contribution in [3.8, 4) is 21.7 Å². The third-order valence-corrected chi connectivity index (χ3v) is 12.4. The number of pyridine rings is 1. The van der Waals surface area contributed by atoms with Crippen molar-refractivity contribution in [2.75, 3.05) is 0 Å². The molecule has 0 unspecified atom stereocenters. The van der Waals surface area contributed by atoms with E-state index < -0.39 is 13.3 Å². The topological polar surface area (TPSA) is 12.9 Å². The first kappa shape index (κ1) is 24.3. The van der Waals surface area contributed by atoms with Crippen molar-refractivity contribution in [2.24, 2.45) is 0 Å². The van der Waals surface area contributed by atoms with Gasteiger partial charge in [0.15, 0.2) is 0 Å². The zero-order valence-corrected chi connectivity index (χ0v) is 25.1. The average Bonchev–Trinajstić information content (AvgIpc) is 3.20. The number of hydrogen-bond donors (Lipinski definition) is 0. The van der Waals surface area contributed by atoms with Gasteiger partial charge in [-0.15, -0.1) is 0 Å². The van der Waals surface area contributed by atoms with Crippen molar-refractivity contribution < 1.29 is 0 Å². The fourth-order valence-electron chi connectivity index (χ4n) is 5.15. The summed E-state index contributed by atoms with van der Waals surface area (Å²) in [5.74, 6) is 7.42. The molecule has 2 aromatic heterocycles. The molecule has 0 saturated heterocycles. The van der Waals surface area contributed by atoms with Gasteiger partial charge >= 0.3 is 178 Å². The Kier molecular flexibility index (Phi) is 5.97. The van der Waals surface area contributed by atoms with Crippen molar-refractivity contribution in [1.82, 2.24) is 4.98 Å². The molecule has 0 radical (unpaired) electrons. The molecule has 5 aromatic rings. The standard InChI is InChI=1S/C32H35GeNS/c1-20-15-25(33(6,7)8)16-21(2)29(20)28-19-23-13-14-34-30(31(23)35-28)24-17-22-11-9-10-12-26(22)27(18-24)32(3,4)5/h9-19H,1-8H3. The minimum absolute atomic E-state index is 0.0532. The average molecular weight is 538 g/mol. The van der Waals surface area contributed by atoms with Gasteiger partial charge in [0.2, 0.25) is 0 Å². The molecule has 0 atom stereocenters. The number of aromatic nitrogens is 1. The Morgan fingerprint density at radius 1 is 0.800 bits per heavy atom. The van der Waals surface area contributed by atoms with Crippen LogP contribution in [0.5, 0.6) is 0 Å². The van der Waals surface area contributed by atoms with E-state index in [0.717, 1.165) is 5.69 Å². The molecule has 0 amide bonds. The Morgan fingerprint density at radius 2 is 1.49 bits per heavy atom. The van der Waals surface area contributed by atoms with E-state index >= 15 is 0 Å². The predicted octanol–water partition coefficient (Wildman–Crippen LogP) is 9.24. The summed E-state index contributed by atoms with van der Waals surface area (Å²) in [6, 6.07) is 22.8. The molecule has 3 heteroatoms. The Morgan fingerprint density at radius 3 is 2.14 bits per heavy atom. The number of benzene rings is 3. The van der Waals surface area contributed by atoms with Crippen molar-refractivity contribution in [3.63, 3.8) is 0 Å². The second-order valence-corrected chi connectivity index (χ2v) is 23.6. The van der Waals surface area contributed by atoms with Gasteiger partial charge in [-0.1, -0.05) is 39.0 Å². The van der Waals surface area contributed by atoms with E-state index in [4.69, 9.17) is 4.98 Å². The Labute approximate surface area is 216 Å². The minimum atomic E-state index is -1.88. The molecule has 0 aliphatic carbocycles. The predicted molar refractivity (Wildman–Crippen MR) is 159 cm³/mol. The number of hydrogen-bond acceptors (Lipinski definition) is 2. The van der Waals surface area contributed by atoms with Gasteiger partial charge in [-0.25, -0.2) is 0 Å². The maximum absolute atomic E-state index is 4.92. The van der Waals surface area contributed by atoms with E-state index in [9.17, 15) is 0 Å². The SMILES string of the molecule is Cc1c[c]([Ge]([CH3])([CH3])[CH3])cc(C)c1-c1cc2ccnc(-c3cc(C(C)(C)C)c4ccccc4c3)c2s1. The van der Waals surface area contributed by atoms with Crippen LogP contribution in [0.3, 0.4) is 0 Å². The van der Waals surface area contributed by atoms with Crippen LogP contribution >= 0.6 is 11.3 Å². The maximum atomic E-state index is 4.92. The van der Waals surface area contributed by atoms with E-state index in [-0.39, 0.29) is 5.41 Å². The van der Waals surface area contributed by atoms with E-state index in [0.29, 0.717) is 0 Å². The van der Waals surface area contributed by atoms with E-state index in [1.165, 1.54) is 53.6 Å². The second kappa shape index (κ2) is 8.60. The molecular formula is C32H35GeNS. The summed E-state index contributed by atoms with van der Waals surface area (Å²) in [6.45, 7) is 11.5. The third-order valence-electron chi connectivity index (χ3n) is 7.02. The van der Waals surface area contributed by atoms with Gasteiger partial charge in [0.25, 0.3) is 0 Å². The van der Waals surface area contributed by atoms with Crippen LogP contribution in [0.2, 0.25) is 17.3 Å². The Bertz CT molecular complexity index is 1550. The zero-order valence-electron chi connectivity index (χ0n) is 22.2. The van der Waals surface area contributed by atoms with E-state index in [1.807, 2.05) is 17.5 Å². The summed E-state index contributed by atoms with van der Waals surface area (Å²) in [6.07, 6.45) is 1.97. The summed E-state index contributed by atoms with van der Waals surface area (Å²) in [5.41, 5.74) is 7.89. The Balaban J connectivity index is 1.71. The van der Waals surface area contributed by atoms with Gasteiger partial charge in [-0.3, -0.25) is 0 Å². The molecule has 3 aromatic carbocycles. The number of nitrogens with zero attached hydrogens (tertiary/aromatic N) is 1. The second-order valence-electron chi connectivity index (χ2n) is 11.9. The van der Waals surface area contributed by atoms with Gasteiger partial charge in [-0.2, -0.15) is 0 Å². The monoisotopic (exact) mass is 539 g/mol. The molecule has 178 valence electrons. The van der Waals surface area contributed by atoms with Crippen molar-refractivity contribution in [3.05, 3.63) is 83.6 Å². The molecule has 0 fully saturated rings. The number of rotatable bonds is 3.